The van der Waals surface area contributed by atoms with Crippen LogP contribution in [0.25, 0.3) is 11.4 Å². The Morgan fingerprint density at radius 3 is 1.54 bits per heavy atom. The van der Waals surface area contributed by atoms with Gasteiger partial charge in [0, 0.05) is 103 Å². The van der Waals surface area contributed by atoms with E-state index in [1.54, 1.807) is 52.0 Å². The van der Waals surface area contributed by atoms with E-state index >= 15 is 0 Å². The van der Waals surface area contributed by atoms with Crippen LogP contribution in [0, 0.1) is 17.6 Å². The Kier molecular flexibility index (Phi) is 21.1. The fourth-order valence-electron chi connectivity index (χ4n) is 13.5. The Morgan fingerprint density at radius 1 is 0.560 bits per heavy atom. The van der Waals surface area contributed by atoms with Gasteiger partial charge in [0.25, 0.3) is 0 Å². The van der Waals surface area contributed by atoms with Gasteiger partial charge < -0.3 is 48.4 Å². The molecule has 4 saturated heterocycles. The van der Waals surface area contributed by atoms with Gasteiger partial charge >= 0.3 is 11.4 Å². The molecule has 1 N–H and O–H groups in total. The molecule has 28 heteroatoms. The molecule has 0 bridgehead atoms. The first kappa shape index (κ1) is 69.1. The van der Waals surface area contributed by atoms with Gasteiger partial charge in [0.05, 0.1) is 61.0 Å². The summed E-state index contributed by atoms with van der Waals surface area (Å²) in [5, 5.41) is 28.0. The van der Waals surface area contributed by atoms with Crippen LogP contribution in [-0.4, -0.2) is 154 Å². The third-order valence-electron chi connectivity index (χ3n) is 19.1. The minimum atomic E-state index is -1.16. The normalized spacial score (nSPS) is 20.3. The molecular formula is C72H80Cl2F2N16O8. The van der Waals surface area contributed by atoms with E-state index in [1.165, 1.54) is 45.0 Å². The van der Waals surface area contributed by atoms with E-state index in [0.717, 1.165) is 110 Å². The Labute approximate surface area is 587 Å². The molecule has 10 aromatic rings. The van der Waals surface area contributed by atoms with Crippen molar-refractivity contribution in [1.82, 2.24) is 58.2 Å². The molecule has 4 aliphatic heterocycles. The maximum absolute atomic E-state index is 15.0. The molecule has 0 radical (unpaired) electrons. The summed E-state index contributed by atoms with van der Waals surface area (Å²) < 4.78 is 69.2. The van der Waals surface area contributed by atoms with Crippen LogP contribution in [0.5, 0.6) is 11.5 Å². The number of halogens is 4. The highest BCUT2D eigenvalue weighted by atomic mass is 35.5. The van der Waals surface area contributed by atoms with Crippen LogP contribution in [0.15, 0.2) is 181 Å². The van der Waals surface area contributed by atoms with Crippen molar-refractivity contribution in [2.24, 2.45) is 5.92 Å². The van der Waals surface area contributed by atoms with E-state index in [4.69, 9.17) is 46.9 Å². The van der Waals surface area contributed by atoms with Crippen LogP contribution in [0.3, 0.4) is 0 Å². The predicted octanol–water partition coefficient (Wildman–Crippen LogP) is 10.2. The average Bonchev–Trinajstić information content (AvgIpc) is 1.59. The van der Waals surface area contributed by atoms with Crippen molar-refractivity contribution in [1.29, 1.82) is 0 Å². The maximum Gasteiger partial charge on any atom is 0.350 e. The molecule has 0 saturated carbocycles. The summed E-state index contributed by atoms with van der Waals surface area (Å²) in [5.41, 5.74) is 5.57. The lowest BCUT2D eigenvalue weighted by Gasteiger charge is -2.37. The van der Waals surface area contributed by atoms with Crippen LogP contribution in [0.2, 0.25) is 10.0 Å². The Hall–Kier alpha value is -9.44. The Balaban J connectivity index is 0.000000179. The van der Waals surface area contributed by atoms with Gasteiger partial charge in [-0.25, -0.2) is 56.2 Å². The van der Waals surface area contributed by atoms with Gasteiger partial charge in [-0.3, -0.25) is 0 Å². The second kappa shape index (κ2) is 30.6. The number of benzene rings is 6. The van der Waals surface area contributed by atoms with Crippen molar-refractivity contribution >= 4 is 46.0 Å². The molecule has 7 atom stereocenters. The van der Waals surface area contributed by atoms with Gasteiger partial charge in [-0.05, 0) is 148 Å². The van der Waals surface area contributed by atoms with Crippen LogP contribution >= 0.6 is 23.2 Å². The number of piperazine rings is 2. The Bertz CT molecular complexity index is 4430. The molecule has 0 aliphatic carbocycles. The molecule has 8 heterocycles. The summed E-state index contributed by atoms with van der Waals surface area (Å²) in [7, 11) is 0. The molecule has 0 spiro atoms. The highest BCUT2D eigenvalue weighted by molar-refractivity contribution is 6.35. The highest BCUT2D eigenvalue weighted by Gasteiger charge is 2.47. The number of rotatable bonds is 23. The molecule has 524 valence electrons. The SMILES string of the molecule is CCC(C)n1ncn(-c2ccc(N3CCN(c4ccc(OC[C@H]5CO[C@](Cn6cncn6)(c6ccc(Cl)cc6Cl)O5)cc4)CC3)cc2)c1=O.CC[C@@H]([C@H](C)O)n1ncn(-c2ccc(N3CCN(c4ccc(OCC5CO[C@@](Cn6cncn6)(c6ccc(F)cc6F)C5)cc4)CC3)cc2)c1=O. The van der Waals surface area contributed by atoms with E-state index in [2.05, 4.69) is 86.4 Å². The first-order valence-corrected chi connectivity index (χ1v) is 34.5. The summed E-state index contributed by atoms with van der Waals surface area (Å²) in [6.45, 7) is 16.4. The summed E-state index contributed by atoms with van der Waals surface area (Å²) in [6.07, 6.45) is 10.1. The summed E-state index contributed by atoms with van der Waals surface area (Å²) in [4.78, 5) is 43.2. The van der Waals surface area contributed by atoms with Crippen molar-refractivity contribution in [3.8, 4) is 22.9 Å². The van der Waals surface area contributed by atoms with Crippen LogP contribution in [0.1, 0.15) is 70.2 Å². The molecule has 4 aliphatic rings. The molecular weight excluding hydrogens is 1330 g/mol. The van der Waals surface area contributed by atoms with Crippen LogP contribution in [0.4, 0.5) is 31.5 Å². The van der Waals surface area contributed by atoms with Crippen molar-refractivity contribution in [3.63, 3.8) is 0 Å². The van der Waals surface area contributed by atoms with Gasteiger partial charge in [-0.2, -0.15) is 20.4 Å². The number of anilines is 4. The van der Waals surface area contributed by atoms with Gasteiger partial charge in [0.2, 0.25) is 5.79 Å². The molecule has 14 rings (SSSR count). The Morgan fingerprint density at radius 2 is 1.05 bits per heavy atom. The maximum atomic E-state index is 15.0. The van der Waals surface area contributed by atoms with Crippen LogP contribution < -0.4 is 40.5 Å². The number of nitrogens with zero attached hydrogens (tertiary/aromatic N) is 16. The molecule has 0 amide bonds. The minimum absolute atomic E-state index is 0.0121. The number of aliphatic hydroxyl groups excluding tert-OH is 1. The fraction of sp³-hybridized carbons (Fsp3) is 0.389. The highest BCUT2D eigenvalue weighted by Crippen LogP contribution is 2.43. The quantitative estimate of drug-likeness (QED) is 0.0629. The molecule has 100 heavy (non-hydrogen) atoms. The number of hydrogen-bond acceptors (Lipinski definition) is 18. The number of aliphatic hydroxyl groups is 1. The van der Waals surface area contributed by atoms with Crippen molar-refractivity contribution in [2.45, 2.75) is 95.7 Å². The first-order valence-electron chi connectivity index (χ1n) is 33.7. The largest absolute Gasteiger partial charge is 0.493 e. The fourth-order valence-corrected chi connectivity index (χ4v) is 14.0. The second-order valence-corrected chi connectivity index (χ2v) is 26.5. The smallest absolute Gasteiger partial charge is 0.350 e. The van der Waals surface area contributed by atoms with Crippen molar-refractivity contribution in [3.05, 3.63) is 225 Å². The third kappa shape index (κ3) is 15.3. The molecule has 24 nitrogen and oxygen atoms in total. The summed E-state index contributed by atoms with van der Waals surface area (Å²) in [5.74, 6) is -0.973. The zero-order valence-electron chi connectivity index (χ0n) is 56.0. The van der Waals surface area contributed by atoms with Gasteiger partial charge in [0.1, 0.15) is 86.0 Å². The number of aromatic nitrogens is 12. The summed E-state index contributed by atoms with van der Waals surface area (Å²) in [6, 6.07) is 40.7. The number of hydrogen-bond donors (Lipinski definition) is 1. The minimum Gasteiger partial charge on any atom is -0.493 e. The van der Waals surface area contributed by atoms with Gasteiger partial charge in [0.15, 0.2) is 0 Å². The molecule has 6 aromatic carbocycles. The molecule has 4 aromatic heterocycles. The van der Waals surface area contributed by atoms with Crippen molar-refractivity contribution in [2.75, 3.05) is 98.4 Å². The van der Waals surface area contributed by atoms with E-state index in [1.807, 2.05) is 87.5 Å². The zero-order chi connectivity index (χ0) is 69.5. The first-order chi connectivity index (χ1) is 48.5. The average molecular weight is 1410 g/mol. The lowest BCUT2D eigenvalue weighted by Crippen LogP contribution is -2.46. The monoisotopic (exact) mass is 1400 g/mol. The topological polar surface area (TPSA) is 220 Å². The van der Waals surface area contributed by atoms with Gasteiger partial charge in [-0.15, -0.1) is 0 Å². The predicted molar refractivity (Wildman–Crippen MR) is 375 cm³/mol. The zero-order valence-corrected chi connectivity index (χ0v) is 57.6. The molecule has 2 unspecified atom stereocenters. The molecule has 4 fully saturated rings. The van der Waals surface area contributed by atoms with Crippen LogP contribution in [-0.2, 0) is 38.7 Å². The lowest BCUT2D eigenvalue weighted by molar-refractivity contribution is -0.190. The van der Waals surface area contributed by atoms with E-state index < -0.39 is 29.1 Å². The summed E-state index contributed by atoms with van der Waals surface area (Å²) >= 11 is 12.7. The van der Waals surface area contributed by atoms with Crippen molar-refractivity contribution < 1.29 is 37.6 Å². The number of ether oxygens (including phenoxy) is 5. The van der Waals surface area contributed by atoms with E-state index in [0.29, 0.717) is 60.4 Å². The standard InChI is InChI=1S/C37H42F2N8O4.C35H38Cl2N8O4/c1-3-35(26(2)48)47-36(49)46(25-42-47)31-7-5-29(6-8-31)43-14-16-44(17-15-43)30-9-11-32(12-10-30)50-20-27-19-37(51-21-27,22-45-24-40-23-41-45)33-13-4-28(38)18-34(33)39;1-3-25(2)45-34(46)44(24-40-45)29-7-5-27(6-8-29)41-14-16-42(17-15-41)28-9-11-30(12-10-28)47-19-31-20-48-35(49-31,21-43-23-38-22-39-43)32-13-4-26(36)18-33(32)37/h4-13,18,23-27,35,48H,3,14-17,19-22H2,1-2H3;4-13,18,22-25,31H,3,14-17,19-21H2,1-2H3/t26-,27?,35-,37-;25?,31-,35-/m00/s1. The van der Waals surface area contributed by atoms with E-state index in [9.17, 15) is 23.5 Å². The third-order valence-corrected chi connectivity index (χ3v) is 19.7. The van der Waals surface area contributed by atoms with Gasteiger partial charge in [-0.1, -0.05) is 49.2 Å². The van der Waals surface area contributed by atoms with E-state index in [-0.39, 0.29) is 48.6 Å². The second-order valence-electron chi connectivity index (χ2n) is 25.6. The lowest BCUT2D eigenvalue weighted by atomic mass is 9.87.